The van der Waals surface area contributed by atoms with Crippen molar-refractivity contribution < 1.29 is 9.90 Å². The van der Waals surface area contributed by atoms with Gasteiger partial charge >= 0.3 is 6.03 Å². The van der Waals surface area contributed by atoms with E-state index in [9.17, 15) is 9.90 Å². The fourth-order valence-electron chi connectivity index (χ4n) is 3.56. The number of benzene rings is 1. The Labute approximate surface area is 146 Å². The molecule has 0 saturated heterocycles. The molecule has 4 nitrogen and oxygen atoms in total. The highest BCUT2D eigenvalue weighted by Crippen LogP contribution is 2.33. The first-order valence-corrected chi connectivity index (χ1v) is 9.14. The number of para-hydroxylation sites is 1. The lowest BCUT2D eigenvalue weighted by molar-refractivity contribution is 0.116. The molecule has 0 spiro atoms. The molecule has 0 aromatic heterocycles. The molecule has 0 radical (unpaired) electrons. The third kappa shape index (κ3) is 4.29. The normalized spacial score (nSPS) is 20.7. The number of hydrogen-bond acceptors (Lipinski definition) is 2. The van der Waals surface area contributed by atoms with Crippen LogP contribution < -0.4 is 5.32 Å². The van der Waals surface area contributed by atoms with Crippen molar-refractivity contribution in [3.63, 3.8) is 0 Å². The number of aliphatic hydroxyl groups is 1. The van der Waals surface area contributed by atoms with E-state index in [0.29, 0.717) is 18.4 Å². The van der Waals surface area contributed by atoms with Gasteiger partial charge in [0.15, 0.2) is 0 Å². The van der Waals surface area contributed by atoms with E-state index in [0.717, 1.165) is 24.9 Å². The topological polar surface area (TPSA) is 52.6 Å². The first kappa shape index (κ1) is 18.8. The first-order chi connectivity index (χ1) is 11.3. The van der Waals surface area contributed by atoms with Crippen LogP contribution in [0.4, 0.5) is 10.5 Å². The van der Waals surface area contributed by atoms with E-state index in [-0.39, 0.29) is 18.1 Å². The molecule has 0 bridgehead atoms. The van der Waals surface area contributed by atoms with Crippen LogP contribution in [0.15, 0.2) is 18.2 Å². The van der Waals surface area contributed by atoms with Gasteiger partial charge in [-0.3, -0.25) is 0 Å². The second kappa shape index (κ2) is 8.02. The highest BCUT2D eigenvalue weighted by atomic mass is 16.3. The molecule has 1 aliphatic carbocycles. The fraction of sp³-hybridized carbons (Fsp3) is 0.650. The van der Waals surface area contributed by atoms with E-state index in [2.05, 4.69) is 51.2 Å². The Morgan fingerprint density at radius 1 is 1.21 bits per heavy atom. The van der Waals surface area contributed by atoms with E-state index in [4.69, 9.17) is 0 Å². The number of carbonyl (C=O) groups excluding carboxylic acids is 1. The molecule has 4 heteroatoms. The van der Waals surface area contributed by atoms with Gasteiger partial charge in [-0.2, -0.15) is 0 Å². The van der Waals surface area contributed by atoms with Crippen LogP contribution in [0.1, 0.15) is 69.9 Å². The molecule has 134 valence electrons. The number of hydrogen-bond donors (Lipinski definition) is 2. The van der Waals surface area contributed by atoms with Crippen LogP contribution in [0, 0.1) is 5.92 Å². The van der Waals surface area contributed by atoms with Crippen molar-refractivity contribution in [1.82, 2.24) is 4.90 Å². The number of rotatable bonds is 5. The lowest BCUT2D eigenvalue weighted by Crippen LogP contribution is -2.37. The molecule has 2 rings (SSSR count). The smallest absolute Gasteiger partial charge is 0.321 e. The van der Waals surface area contributed by atoms with Crippen LogP contribution in [0.5, 0.6) is 0 Å². The van der Waals surface area contributed by atoms with Crippen molar-refractivity contribution in [3.8, 4) is 0 Å². The van der Waals surface area contributed by atoms with Gasteiger partial charge in [-0.15, -0.1) is 0 Å². The average molecular weight is 332 g/mol. The molecule has 1 aliphatic rings. The Hall–Kier alpha value is -1.55. The number of nitrogens with zero attached hydrogens (tertiary/aromatic N) is 1. The lowest BCUT2D eigenvalue weighted by Gasteiger charge is -2.26. The highest BCUT2D eigenvalue weighted by molar-refractivity contribution is 5.91. The van der Waals surface area contributed by atoms with Crippen LogP contribution in [0.3, 0.4) is 0 Å². The van der Waals surface area contributed by atoms with Gasteiger partial charge < -0.3 is 15.3 Å². The zero-order valence-corrected chi connectivity index (χ0v) is 15.7. The third-order valence-electron chi connectivity index (χ3n) is 5.08. The molecule has 1 aromatic rings. The molecule has 0 heterocycles. The van der Waals surface area contributed by atoms with Crippen LogP contribution in [-0.4, -0.2) is 35.7 Å². The van der Waals surface area contributed by atoms with Gasteiger partial charge in [-0.05, 0) is 35.8 Å². The third-order valence-corrected chi connectivity index (χ3v) is 5.08. The molecule has 1 aromatic carbocycles. The maximum Gasteiger partial charge on any atom is 0.321 e. The van der Waals surface area contributed by atoms with Crippen molar-refractivity contribution in [1.29, 1.82) is 0 Å². The molecule has 1 saturated carbocycles. The van der Waals surface area contributed by atoms with Gasteiger partial charge in [0, 0.05) is 25.2 Å². The second-order valence-corrected chi connectivity index (χ2v) is 7.69. The minimum atomic E-state index is -0.269. The minimum absolute atomic E-state index is 0.0934. The summed E-state index contributed by atoms with van der Waals surface area (Å²) < 4.78 is 0. The second-order valence-electron chi connectivity index (χ2n) is 7.69. The predicted octanol–water partition coefficient (Wildman–Crippen LogP) is 4.56. The van der Waals surface area contributed by atoms with Crippen molar-refractivity contribution in [2.75, 3.05) is 18.9 Å². The van der Waals surface area contributed by atoms with Crippen LogP contribution in [-0.2, 0) is 0 Å². The van der Waals surface area contributed by atoms with Gasteiger partial charge in [-0.25, -0.2) is 4.79 Å². The summed E-state index contributed by atoms with van der Waals surface area (Å²) in [7, 11) is 1.81. The SMILES string of the molecule is CC(C)c1cccc(C(C)C)c1NC(=O)N(C)CC1CCCC1O. The molecule has 2 N–H and O–H groups in total. The van der Waals surface area contributed by atoms with Gasteiger partial charge in [0.1, 0.15) is 0 Å². The zero-order chi connectivity index (χ0) is 17.9. The summed E-state index contributed by atoms with van der Waals surface area (Å²) in [5, 5.41) is 13.1. The van der Waals surface area contributed by atoms with Crippen LogP contribution in [0.2, 0.25) is 0 Å². The molecule has 2 unspecified atom stereocenters. The molecule has 2 atom stereocenters. The maximum absolute atomic E-state index is 12.7. The Bertz CT molecular complexity index is 543. The Morgan fingerprint density at radius 3 is 2.25 bits per heavy atom. The van der Waals surface area contributed by atoms with E-state index >= 15 is 0 Å². The number of carbonyl (C=O) groups is 1. The lowest BCUT2D eigenvalue weighted by atomic mass is 9.93. The van der Waals surface area contributed by atoms with Crippen molar-refractivity contribution in [3.05, 3.63) is 29.3 Å². The number of urea groups is 1. The van der Waals surface area contributed by atoms with Crippen LogP contribution >= 0.6 is 0 Å². The van der Waals surface area contributed by atoms with Crippen molar-refractivity contribution >= 4 is 11.7 Å². The standard InChI is InChI=1S/C20H32N2O2/c1-13(2)16-9-7-10-17(14(3)4)19(16)21-20(24)22(5)12-15-8-6-11-18(15)23/h7,9-10,13-15,18,23H,6,8,11-12H2,1-5H3,(H,21,24). The predicted molar refractivity (Wildman–Crippen MR) is 99.6 cm³/mol. The number of anilines is 1. The highest BCUT2D eigenvalue weighted by Gasteiger charge is 2.28. The molecule has 1 fully saturated rings. The summed E-state index contributed by atoms with van der Waals surface area (Å²) in [5.74, 6) is 0.896. The maximum atomic E-state index is 12.7. The summed E-state index contributed by atoms with van der Waals surface area (Å²) in [6, 6.07) is 6.16. The summed E-state index contributed by atoms with van der Waals surface area (Å²) >= 11 is 0. The summed E-state index contributed by atoms with van der Waals surface area (Å²) in [6.07, 6.45) is 2.64. The van der Waals surface area contributed by atoms with E-state index in [1.54, 1.807) is 4.90 Å². The number of nitrogens with one attached hydrogen (secondary N) is 1. The molecule has 0 aliphatic heterocycles. The molecule has 24 heavy (non-hydrogen) atoms. The summed E-state index contributed by atoms with van der Waals surface area (Å²) in [4.78, 5) is 14.4. The molecule has 2 amide bonds. The van der Waals surface area contributed by atoms with E-state index < -0.39 is 0 Å². The number of aliphatic hydroxyl groups excluding tert-OH is 1. The zero-order valence-electron chi connectivity index (χ0n) is 15.7. The minimum Gasteiger partial charge on any atom is -0.393 e. The summed E-state index contributed by atoms with van der Waals surface area (Å²) in [6.45, 7) is 9.19. The largest absolute Gasteiger partial charge is 0.393 e. The van der Waals surface area contributed by atoms with Crippen molar-refractivity contribution in [2.45, 2.75) is 64.9 Å². The summed E-state index contributed by atoms with van der Waals surface area (Å²) in [5.41, 5.74) is 3.29. The molecular weight excluding hydrogens is 300 g/mol. The van der Waals surface area contributed by atoms with Crippen LogP contribution in [0.25, 0.3) is 0 Å². The Balaban J connectivity index is 2.15. The van der Waals surface area contributed by atoms with Gasteiger partial charge in [-0.1, -0.05) is 52.3 Å². The Morgan fingerprint density at radius 2 is 1.79 bits per heavy atom. The van der Waals surface area contributed by atoms with E-state index in [1.807, 2.05) is 7.05 Å². The number of amides is 2. The van der Waals surface area contributed by atoms with Gasteiger partial charge in [0.25, 0.3) is 0 Å². The van der Waals surface area contributed by atoms with Gasteiger partial charge in [0.2, 0.25) is 0 Å². The van der Waals surface area contributed by atoms with E-state index in [1.165, 1.54) is 11.1 Å². The first-order valence-electron chi connectivity index (χ1n) is 9.14. The average Bonchev–Trinajstić information content (AvgIpc) is 2.92. The van der Waals surface area contributed by atoms with Crippen molar-refractivity contribution in [2.24, 2.45) is 5.92 Å². The fourth-order valence-corrected chi connectivity index (χ4v) is 3.56. The van der Waals surface area contributed by atoms with Gasteiger partial charge in [0.05, 0.1) is 6.10 Å². The Kier molecular flexibility index (Phi) is 6.27. The molecular formula is C20H32N2O2. The quantitative estimate of drug-likeness (QED) is 0.830. The monoisotopic (exact) mass is 332 g/mol.